The Morgan fingerprint density at radius 1 is 0.946 bits per heavy atom. The highest BCUT2D eigenvalue weighted by molar-refractivity contribution is 7.15. The van der Waals surface area contributed by atoms with Gasteiger partial charge in [-0.1, -0.05) is 18.6 Å². The first kappa shape index (κ1) is 22.2. The van der Waals surface area contributed by atoms with Gasteiger partial charge in [-0.05, 0) is 75.1 Å². The molecule has 5 heterocycles. The number of nitrogens with zero attached hydrogens (tertiary/aromatic N) is 3. The number of ether oxygens (including phenoxy) is 1. The van der Waals surface area contributed by atoms with E-state index < -0.39 is 0 Å². The average Bonchev–Trinajstić information content (AvgIpc) is 3.66. The van der Waals surface area contributed by atoms with E-state index >= 15 is 0 Å². The zero-order valence-corrected chi connectivity index (χ0v) is 21.4. The van der Waals surface area contributed by atoms with Crippen LogP contribution in [0.5, 0.6) is 5.75 Å². The molecule has 7 heteroatoms. The molecule has 0 amide bonds. The number of aromatic amines is 2. The minimum atomic E-state index is 0.284. The number of aryl methyl sites for hydroxylation is 1. The zero-order chi connectivity index (χ0) is 24.8. The maximum Gasteiger partial charge on any atom is 0.138 e. The summed E-state index contributed by atoms with van der Waals surface area (Å²) in [5.41, 5.74) is 7.58. The van der Waals surface area contributed by atoms with E-state index in [4.69, 9.17) is 9.72 Å². The second kappa shape index (κ2) is 9.16. The summed E-state index contributed by atoms with van der Waals surface area (Å²) in [5, 5.41) is 8.98. The first-order valence-corrected chi connectivity index (χ1v) is 13.7. The van der Waals surface area contributed by atoms with Crippen molar-refractivity contribution in [1.82, 2.24) is 25.1 Å². The van der Waals surface area contributed by atoms with E-state index in [-0.39, 0.29) is 6.10 Å². The molecule has 0 aliphatic heterocycles. The van der Waals surface area contributed by atoms with Crippen molar-refractivity contribution in [3.05, 3.63) is 71.9 Å². The van der Waals surface area contributed by atoms with Crippen molar-refractivity contribution < 1.29 is 4.74 Å². The maximum atomic E-state index is 6.25. The molecule has 0 unspecified atom stereocenters. The molecule has 6 nitrogen and oxygen atoms in total. The van der Waals surface area contributed by atoms with Gasteiger partial charge in [0.25, 0.3) is 0 Å². The standard InChI is InChI=1S/C30H27N5OS/c1-18-10-13-28(37-18)22-8-5-9-25-23(22)15-27(32-25)30-29-26(34-35-30)12-11-24(33-29)19-14-21(17-31-16-19)36-20-6-3-2-4-7-20/h5,8-17,20,32H,2-4,6-7H2,1H3,(H,34,35). The Balaban J connectivity index is 1.26. The first-order chi connectivity index (χ1) is 18.2. The minimum Gasteiger partial charge on any atom is -0.489 e. The third-order valence-corrected chi connectivity index (χ3v) is 8.23. The predicted molar refractivity (Wildman–Crippen MR) is 150 cm³/mol. The number of thiophene rings is 1. The van der Waals surface area contributed by atoms with Crippen LogP contribution < -0.4 is 4.74 Å². The summed E-state index contributed by atoms with van der Waals surface area (Å²) in [6.07, 6.45) is 9.95. The number of pyridine rings is 2. The molecule has 0 spiro atoms. The van der Waals surface area contributed by atoms with Gasteiger partial charge in [-0.15, -0.1) is 11.3 Å². The molecular formula is C30H27N5OS. The smallest absolute Gasteiger partial charge is 0.138 e. The van der Waals surface area contributed by atoms with Crippen LogP contribution in [0.1, 0.15) is 37.0 Å². The van der Waals surface area contributed by atoms with Gasteiger partial charge < -0.3 is 9.72 Å². The summed E-state index contributed by atoms with van der Waals surface area (Å²) in [7, 11) is 0. The van der Waals surface area contributed by atoms with E-state index in [1.165, 1.54) is 40.0 Å². The van der Waals surface area contributed by atoms with E-state index in [9.17, 15) is 0 Å². The molecular weight excluding hydrogens is 478 g/mol. The van der Waals surface area contributed by atoms with Gasteiger partial charge >= 0.3 is 0 Å². The molecule has 0 atom stereocenters. The second-order valence-corrected chi connectivity index (χ2v) is 11.1. The lowest BCUT2D eigenvalue weighted by Gasteiger charge is -2.22. The zero-order valence-electron chi connectivity index (χ0n) is 20.6. The molecule has 0 bridgehead atoms. The monoisotopic (exact) mass is 505 g/mol. The molecule has 0 saturated heterocycles. The molecule has 6 aromatic rings. The molecule has 1 aliphatic carbocycles. The van der Waals surface area contributed by atoms with E-state index in [0.29, 0.717) is 0 Å². The fraction of sp³-hybridized carbons (Fsp3) is 0.233. The van der Waals surface area contributed by atoms with Crippen LogP contribution in [0.4, 0.5) is 0 Å². The van der Waals surface area contributed by atoms with Crippen LogP contribution >= 0.6 is 11.3 Å². The minimum absolute atomic E-state index is 0.284. The topological polar surface area (TPSA) is 79.5 Å². The SMILES string of the molecule is Cc1ccc(-c2cccc3[nH]c(-c4n[nH]c5ccc(-c6cncc(OC7CCCCC7)c6)nc45)cc23)s1. The number of aromatic nitrogens is 5. The maximum absolute atomic E-state index is 6.25. The molecule has 1 aliphatic rings. The number of rotatable bonds is 5. The summed E-state index contributed by atoms with van der Waals surface area (Å²) in [4.78, 5) is 15.6. The molecule has 2 N–H and O–H groups in total. The lowest BCUT2D eigenvalue weighted by atomic mass is 9.98. The predicted octanol–water partition coefficient (Wildman–Crippen LogP) is 7.92. The Hall–Kier alpha value is -3.97. The normalized spacial score (nSPS) is 14.5. The summed E-state index contributed by atoms with van der Waals surface area (Å²) in [5.74, 6) is 0.811. The third kappa shape index (κ3) is 4.19. The van der Waals surface area contributed by atoms with Crippen LogP contribution in [0.2, 0.25) is 0 Å². The molecule has 7 rings (SSSR count). The summed E-state index contributed by atoms with van der Waals surface area (Å²) in [6, 6.07) is 19.0. The average molecular weight is 506 g/mol. The number of H-pyrrole nitrogens is 2. The van der Waals surface area contributed by atoms with Gasteiger partial charge in [-0.2, -0.15) is 5.10 Å². The Morgan fingerprint density at radius 3 is 2.73 bits per heavy atom. The molecule has 1 fully saturated rings. The van der Waals surface area contributed by atoms with Crippen LogP contribution in [0.15, 0.2) is 67.0 Å². The Bertz CT molecular complexity index is 1720. The van der Waals surface area contributed by atoms with E-state index in [1.807, 2.05) is 35.7 Å². The molecule has 184 valence electrons. The molecule has 1 aromatic carbocycles. The number of hydrogen-bond acceptors (Lipinski definition) is 5. The van der Waals surface area contributed by atoms with Crippen molar-refractivity contribution >= 4 is 33.3 Å². The summed E-state index contributed by atoms with van der Waals surface area (Å²) < 4.78 is 6.25. The van der Waals surface area contributed by atoms with Crippen LogP contribution in [0.3, 0.4) is 0 Å². The van der Waals surface area contributed by atoms with Gasteiger partial charge in [-0.25, -0.2) is 4.98 Å². The van der Waals surface area contributed by atoms with Gasteiger partial charge in [0.2, 0.25) is 0 Å². The van der Waals surface area contributed by atoms with Gasteiger partial charge in [0.05, 0.1) is 29.2 Å². The number of benzene rings is 1. The summed E-state index contributed by atoms with van der Waals surface area (Å²) in [6.45, 7) is 2.14. The van der Waals surface area contributed by atoms with Crippen LogP contribution in [0.25, 0.3) is 55.0 Å². The Labute approximate surface area is 218 Å². The van der Waals surface area contributed by atoms with Gasteiger partial charge in [0, 0.05) is 38.0 Å². The van der Waals surface area contributed by atoms with Gasteiger partial charge in [0.15, 0.2) is 0 Å². The third-order valence-electron chi connectivity index (χ3n) is 7.20. The van der Waals surface area contributed by atoms with Crippen LogP contribution in [-0.2, 0) is 0 Å². The molecule has 5 aromatic heterocycles. The fourth-order valence-corrected chi connectivity index (χ4v) is 6.23. The first-order valence-electron chi connectivity index (χ1n) is 12.9. The second-order valence-electron chi connectivity index (χ2n) is 9.81. The number of fused-ring (bicyclic) bond motifs is 2. The highest BCUT2D eigenvalue weighted by Gasteiger charge is 2.18. The van der Waals surface area contributed by atoms with Gasteiger partial charge in [0.1, 0.15) is 17.0 Å². The summed E-state index contributed by atoms with van der Waals surface area (Å²) >= 11 is 1.81. The quantitative estimate of drug-likeness (QED) is 0.249. The van der Waals surface area contributed by atoms with E-state index in [0.717, 1.165) is 57.8 Å². The van der Waals surface area contributed by atoms with Crippen molar-refractivity contribution in [2.45, 2.75) is 45.1 Å². The lowest BCUT2D eigenvalue weighted by molar-refractivity contribution is 0.154. The van der Waals surface area contributed by atoms with Gasteiger partial charge in [-0.3, -0.25) is 10.1 Å². The highest BCUT2D eigenvalue weighted by atomic mass is 32.1. The lowest BCUT2D eigenvalue weighted by Crippen LogP contribution is -2.19. The van der Waals surface area contributed by atoms with Crippen LogP contribution in [0, 0.1) is 6.92 Å². The van der Waals surface area contributed by atoms with Crippen molar-refractivity contribution in [3.8, 4) is 38.8 Å². The Morgan fingerprint density at radius 2 is 1.86 bits per heavy atom. The fourth-order valence-electron chi connectivity index (χ4n) is 5.32. The van der Waals surface area contributed by atoms with Crippen molar-refractivity contribution in [2.75, 3.05) is 0 Å². The largest absolute Gasteiger partial charge is 0.489 e. The molecule has 37 heavy (non-hydrogen) atoms. The van der Waals surface area contributed by atoms with E-state index in [2.05, 4.69) is 63.5 Å². The van der Waals surface area contributed by atoms with Crippen molar-refractivity contribution in [1.29, 1.82) is 0 Å². The Kier molecular flexibility index (Phi) is 5.51. The highest BCUT2D eigenvalue weighted by Crippen LogP contribution is 2.37. The van der Waals surface area contributed by atoms with Crippen LogP contribution in [-0.4, -0.2) is 31.3 Å². The molecule has 0 radical (unpaired) electrons. The van der Waals surface area contributed by atoms with E-state index in [1.54, 1.807) is 6.20 Å². The number of nitrogens with one attached hydrogen (secondary N) is 2. The van der Waals surface area contributed by atoms with Crippen molar-refractivity contribution in [3.63, 3.8) is 0 Å². The van der Waals surface area contributed by atoms with Crippen molar-refractivity contribution in [2.24, 2.45) is 0 Å². The molecule has 1 saturated carbocycles. The number of hydrogen-bond donors (Lipinski definition) is 2.